The fourth-order valence-corrected chi connectivity index (χ4v) is 4.93. The van der Waals surface area contributed by atoms with E-state index in [-0.39, 0.29) is 45.4 Å². The van der Waals surface area contributed by atoms with Crippen molar-refractivity contribution >= 4 is 17.7 Å². The molecule has 0 N–H and O–H groups in total. The van der Waals surface area contributed by atoms with Gasteiger partial charge in [0.05, 0.1) is 40.6 Å². The molecule has 0 heterocycles. The standard InChI is InChI=1S/C41H42O9/c1-27(2)40(43)49-21-19-47-25-35-23-33(15-17-37(35)45-5)29-7-11-31(12-8-29)39(42)32-13-9-30(10-14-32)34-16-18-38(46-6)36(24-34)26-48-20-22-50-41(44)28(3)4/h7-18,23-24H,1,3,19-22,25-26H2,2,4-6H3. The van der Waals surface area contributed by atoms with Gasteiger partial charge >= 0.3 is 11.9 Å². The second-order valence-electron chi connectivity index (χ2n) is 11.5. The van der Waals surface area contributed by atoms with Gasteiger partial charge in [0.2, 0.25) is 0 Å². The van der Waals surface area contributed by atoms with Crippen LogP contribution in [0, 0.1) is 0 Å². The van der Waals surface area contributed by atoms with Crippen LogP contribution in [0.5, 0.6) is 11.5 Å². The zero-order chi connectivity index (χ0) is 36.0. The Hall–Kier alpha value is -5.51. The zero-order valence-corrected chi connectivity index (χ0v) is 28.9. The fraction of sp³-hybridized carbons (Fsp3) is 0.244. The molecule has 9 nitrogen and oxygen atoms in total. The average molecular weight is 679 g/mol. The summed E-state index contributed by atoms with van der Waals surface area (Å²) in [6, 6.07) is 26.5. The van der Waals surface area contributed by atoms with Gasteiger partial charge in [-0.05, 0) is 60.4 Å². The summed E-state index contributed by atoms with van der Waals surface area (Å²) < 4.78 is 32.6. The first-order chi connectivity index (χ1) is 24.1. The Labute approximate surface area is 293 Å². The molecule has 0 aromatic heterocycles. The maximum absolute atomic E-state index is 13.4. The molecule has 0 saturated heterocycles. The molecule has 260 valence electrons. The largest absolute Gasteiger partial charge is 0.496 e. The molecule has 4 aromatic carbocycles. The van der Waals surface area contributed by atoms with Gasteiger partial charge in [0.15, 0.2) is 5.78 Å². The Morgan fingerprint density at radius 1 is 0.520 bits per heavy atom. The molecule has 0 aliphatic carbocycles. The number of methoxy groups -OCH3 is 2. The highest BCUT2D eigenvalue weighted by atomic mass is 16.6. The fourth-order valence-electron chi connectivity index (χ4n) is 4.93. The van der Waals surface area contributed by atoms with Crippen LogP contribution in [0.25, 0.3) is 22.3 Å². The summed E-state index contributed by atoms with van der Waals surface area (Å²) in [6.07, 6.45) is 0. The van der Waals surface area contributed by atoms with E-state index in [0.29, 0.717) is 33.8 Å². The van der Waals surface area contributed by atoms with Gasteiger partial charge in [-0.2, -0.15) is 0 Å². The highest BCUT2D eigenvalue weighted by Gasteiger charge is 2.13. The SMILES string of the molecule is C=C(C)C(=O)OCCOCc1cc(-c2ccc(C(=O)c3ccc(-c4ccc(OC)c(COCCOC(=O)C(=C)C)c4)cc3)cc2)ccc1OC. The minimum Gasteiger partial charge on any atom is -0.496 e. The van der Waals surface area contributed by atoms with Crippen molar-refractivity contribution in [3.05, 3.63) is 131 Å². The van der Waals surface area contributed by atoms with Crippen molar-refractivity contribution in [1.29, 1.82) is 0 Å². The van der Waals surface area contributed by atoms with E-state index in [4.69, 9.17) is 28.4 Å². The van der Waals surface area contributed by atoms with Gasteiger partial charge in [0.1, 0.15) is 24.7 Å². The molecular weight excluding hydrogens is 636 g/mol. The van der Waals surface area contributed by atoms with Gasteiger partial charge in [0.25, 0.3) is 0 Å². The summed E-state index contributed by atoms with van der Waals surface area (Å²) in [5.74, 6) is 0.380. The lowest BCUT2D eigenvalue weighted by Crippen LogP contribution is -2.11. The van der Waals surface area contributed by atoms with E-state index in [1.54, 1.807) is 28.1 Å². The van der Waals surface area contributed by atoms with Crippen molar-refractivity contribution in [2.24, 2.45) is 0 Å². The molecular formula is C41H42O9. The maximum atomic E-state index is 13.4. The second-order valence-corrected chi connectivity index (χ2v) is 11.5. The quantitative estimate of drug-likeness (QED) is 0.0457. The monoisotopic (exact) mass is 678 g/mol. The van der Waals surface area contributed by atoms with Crippen molar-refractivity contribution in [3.8, 4) is 33.8 Å². The number of ether oxygens (including phenoxy) is 6. The maximum Gasteiger partial charge on any atom is 0.333 e. The molecule has 9 heteroatoms. The van der Waals surface area contributed by atoms with E-state index in [0.717, 1.165) is 33.4 Å². The molecule has 0 radical (unpaired) electrons. The van der Waals surface area contributed by atoms with Crippen LogP contribution >= 0.6 is 0 Å². The first-order valence-electron chi connectivity index (χ1n) is 16.0. The Balaban J connectivity index is 1.38. The summed E-state index contributed by atoms with van der Waals surface area (Å²) in [5, 5.41) is 0. The van der Waals surface area contributed by atoms with Crippen LogP contribution in [-0.2, 0) is 41.8 Å². The van der Waals surface area contributed by atoms with Gasteiger partial charge in [-0.25, -0.2) is 9.59 Å². The third-order valence-corrected chi connectivity index (χ3v) is 7.66. The van der Waals surface area contributed by atoms with Crippen LogP contribution in [0.1, 0.15) is 40.9 Å². The molecule has 4 aromatic rings. The molecule has 0 aliphatic rings. The van der Waals surface area contributed by atoms with Crippen LogP contribution in [0.2, 0.25) is 0 Å². The number of hydrogen-bond acceptors (Lipinski definition) is 9. The first kappa shape index (κ1) is 37.3. The Morgan fingerprint density at radius 2 is 0.880 bits per heavy atom. The van der Waals surface area contributed by atoms with Gasteiger partial charge in [-0.3, -0.25) is 4.79 Å². The van der Waals surface area contributed by atoms with Crippen molar-refractivity contribution in [3.63, 3.8) is 0 Å². The van der Waals surface area contributed by atoms with Gasteiger partial charge in [-0.15, -0.1) is 0 Å². The number of carbonyl (C=O) groups is 3. The summed E-state index contributed by atoms with van der Waals surface area (Å²) >= 11 is 0. The Morgan fingerprint density at radius 3 is 1.22 bits per heavy atom. The van der Waals surface area contributed by atoms with Gasteiger partial charge < -0.3 is 28.4 Å². The van der Waals surface area contributed by atoms with E-state index < -0.39 is 11.9 Å². The van der Waals surface area contributed by atoms with Crippen molar-refractivity contribution in [2.45, 2.75) is 27.1 Å². The molecule has 0 saturated carbocycles. The van der Waals surface area contributed by atoms with Crippen LogP contribution in [0.3, 0.4) is 0 Å². The van der Waals surface area contributed by atoms with E-state index in [1.165, 1.54) is 0 Å². The first-order valence-corrected chi connectivity index (χ1v) is 16.0. The summed E-state index contributed by atoms with van der Waals surface area (Å²) in [7, 11) is 3.20. The molecule has 0 atom stereocenters. The molecule has 0 unspecified atom stereocenters. The smallest absolute Gasteiger partial charge is 0.333 e. The lowest BCUT2D eigenvalue weighted by molar-refractivity contribution is -0.141. The number of hydrogen-bond donors (Lipinski definition) is 0. The number of esters is 2. The highest BCUT2D eigenvalue weighted by Crippen LogP contribution is 2.30. The predicted octanol–water partition coefficient (Wildman–Crippen LogP) is 7.54. The molecule has 0 bridgehead atoms. The topological polar surface area (TPSA) is 107 Å². The average Bonchev–Trinajstić information content (AvgIpc) is 3.13. The van der Waals surface area contributed by atoms with Gasteiger partial charge in [-0.1, -0.05) is 73.8 Å². The summed E-state index contributed by atoms with van der Waals surface area (Å²) in [4.78, 5) is 36.5. The van der Waals surface area contributed by atoms with Crippen LogP contribution in [0.4, 0.5) is 0 Å². The third-order valence-electron chi connectivity index (χ3n) is 7.66. The van der Waals surface area contributed by atoms with Crippen LogP contribution in [0.15, 0.2) is 109 Å². The van der Waals surface area contributed by atoms with Crippen molar-refractivity contribution in [1.82, 2.24) is 0 Å². The minimum absolute atomic E-state index is 0.0876. The van der Waals surface area contributed by atoms with Crippen molar-refractivity contribution in [2.75, 3.05) is 40.6 Å². The Bertz CT molecular complexity index is 1690. The Kier molecular flexibility index (Phi) is 13.7. The molecule has 0 aliphatic heterocycles. The number of benzene rings is 4. The summed E-state index contributed by atoms with van der Waals surface area (Å²) in [6.45, 7) is 11.6. The number of rotatable bonds is 18. The molecule has 50 heavy (non-hydrogen) atoms. The lowest BCUT2D eigenvalue weighted by atomic mass is 9.96. The minimum atomic E-state index is -0.448. The van der Waals surface area contributed by atoms with E-state index in [9.17, 15) is 14.4 Å². The van der Waals surface area contributed by atoms with Crippen LogP contribution < -0.4 is 9.47 Å². The van der Waals surface area contributed by atoms with E-state index >= 15 is 0 Å². The zero-order valence-electron chi connectivity index (χ0n) is 28.9. The highest BCUT2D eigenvalue weighted by molar-refractivity contribution is 6.09. The molecule has 0 amide bonds. The van der Waals surface area contributed by atoms with E-state index in [1.807, 2.05) is 84.9 Å². The van der Waals surface area contributed by atoms with Gasteiger partial charge in [0, 0.05) is 33.4 Å². The predicted molar refractivity (Wildman–Crippen MR) is 191 cm³/mol. The summed E-state index contributed by atoms with van der Waals surface area (Å²) in [5.41, 5.74) is 7.25. The number of ketones is 1. The normalized spacial score (nSPS) is 10.6. The lowest BCUT2D eigenvalue weighted by Gasteiger charge is -2.13. The molecule has 0 fully saturated rings. The second kappa shape index (κ2) is 18.3. The van der Waals surface area contributed by atoms with E-state index in [2.05, 4.69) is 13.2 Å². The third kappa shape index (κ3) is 10.2. The van der Waals surface area contributed by atoms with Crippen molar-refractivity contribution < 1.29 is 42.8 Å². The molecule has 0 spiro atoms. The number of carbonyl (C=O) groups excluding carboxylic acids is 3. The molecule has 4 rings (SSSR count). The van der Waals surface area contributed by atoms with Crippen LogP contribution in [-0.4, -0.2) is 58.4 Å².